The molecule has 2 atom stereocenters. The lowest BCUT2D eigenvalue weighted by atomic mass is 10.1. The SMILES string of the molecule is CCNC(=O)NS(=O)(=O)Cc1cc(Cl)ccc1OCC(=O)N1C[C@H](C)N(Cc2ccc(F)cc2)C[C@H]1C. The van der Waals surface area contributed by atoms with Crippen LogP contribution < -0.4 is 14.8 Å². The van der Waals surface area contributed by atoms with Crippen LogP contribution in [0.2, 0.25) is 5.02 Å². The lowest BCUT2D eigenvalue weighted by Gasteiger charge is -2.44. The smallest absolute Gasteiger partial charge is 0.328 e. The van der Waals surface area contributed by atoms with Crippen molar-refractivity contribution in [2.75, 3.05) is 26.2 Å². The molecule has 2 N–H and O–H groups in total. The van der Waals surface area contributed by atoms with E-state index in [0.29, 0.717) is 24.7 Å². The Bertz CT molecular complexity index is 1210. The first-order valence-electron chi connectivity index (χ1n) is 11.9. The molecule has 37 heavy (non-hydrogen) atoms. The molecule has 1 aliphatic heterocycles. The number of nitrogens with zero attached hydrogens (tertiary/aromatic N) is 2. The van der Waals surface area contributed by atoms with E-state index in [1.165, 1.54) is 30.3 Å². The standard InChI is InChI=1S/C25H32ClFN4O5S/c1-4-28-25(33)29-37(34,35)16-20-11-21(26)7-10-23(20)36-15-24(32)31-13-17(2)30(12-18(31)3)14-19-5-8-22(27)9-6-19/h5-11,17-18H,4,12-16H2,1-3H3,(H2,28,29,33)/t17-,18+/m0/s1. The maximum absolute atomic E-state index is 13.2. The summed E-state index contributed by atoms with van der Waals surface area (Å²) in [5.41, 5.74) is 1.22. The van der Waals surface area contributed by atoms with E-state index >= 15 is 0 Å². The minimum Gasteiger partial charge on any atom is -0.483 e. The summed E-state index contributed by atoms with van der Waals surface area (Å²) in [5, 5.41) is 2.65. The van der Waals surface area contributed by atoms with Gasteiger partial charge in [-0.15, -0.1) is 0 Å². The normalized spacial score (nSPS) is 18.4. The van der Waals surface area contributed by atoms with Crippen molar-refractivity contribution in [3.05, 3.63) is 64.4 Å². The van der Waals surface area contributed by atoms with Gasteiger partial charge in [-0.05, 0) is 56.7 Å². The number of urea groups is 1. The molecular weight excluding hydrogens is 523 g/mol. The summed E-state index contributed by atoms with van der Waals surface area (Å²) in [4.78, 5) is 28.7. The molecule has 3 rings (SSSR count). The van der Waals surface area contributed by atoms with Gasteiger partial charge in [0.1, 0.15) is 11.6 Å². The average molecular weight is 555 g/mol. The lowest BCUT2D eigenvalue weighted by Crippen LogP contribution is -2.58. The second-order valence-electron chi connectivity index (χ2n) is 9.06. The minimum absolute atomic E-state index is 0.0711. The third-order valence-corrected chi connectivity index (χ3v) is 7.46. The topological polar surface area (TPSA) is 108 Å². The van der Waals surface area contributed by atoms with Crippen molar-refractivity contribution in [1.82, 2.24) is 19.8 Å². The van der Waals surface area contributed by atoms with E-state index in [4.69, 9.17) is 16.3 Å². The zero-order valence-corrected chi connectivity index (χ0v) is 22.6. The Balaban J connectivity index is 1.61. The Morgan fingerprint density at radius 2 is 1.81 bits per heavy atom. The Labute approximate surface area is 222 Å². The van der Waals surface area contributed by atoms with Gasteiger partial charge in [-0.25, -0.2) is 22.3 Å². The fourth-order valence-electron chi connectivity index (χ4n) is 4.19. The number of ether oxygens (including phenoxy) is 1. The molecule has 0 spiro atoms. The molecule has 0 saturated carbocycles. The number of rotatable bonds is 9. The number of hydrogen-bond donors (Lipinski definition) is 2. The molecule has 1 aliphatic rings. The number of sulfonamides is 1. The van der Waals surface area contributed by atoms with Gasteiger partial charge in [0.15, 0.2) is 6.61 Å². The minimum atomic E-state index is -4.03. The summed E-state index contributed by atoms with van der Waals surface area (Å²) in [7, 11) is -4.03. The summed E-state index contributed by atoms with van der Waals surface area (Å²) < 4.78 is 45.7. The highest BCUT2D eigenvalue weighted by Crippen LogP contribution is 2.25. The van der Waals surface area contributed by atoms with E-state index in [1.807, 2.05) is 18.6 Å². The molecular formula is C25H32ClFN4O5S. The zero-order valence-electron chi connectivity index (χ0n) is 21.0. The van der Waals surface area contributed by atoms with E-state index in [9.17, 15) is 22.4 Å². The van der Waals surface area contributed by atoms with Crippen LogP contribution in [0.25, 0.3) is 0 Å². The van der Waals surface area contributed by atoms with Crippen LogP contribution in [0.4, 0.5) is 9.18 Å². The second kappa shape index (κ2) is 12.6. The number of halogens is 2. The maximum Gasteiger partial charge on any atom is 0.328 e. The van der Waals surface area contributed by atoms with Crippen molar-refractivity contribution in [1.29, 1.82) is 0 Å². The number of piperazine rings is 1. The molecule has 0 bridgehead atoms. The molecule has 12 heteroatoms. The van der Waals surface area contributed by atoms with Gasteiger partial charge in [-0.1, -0.05) is 23.7 Å². The summed E-state index contributed by atoms with van der Waals surface area (Å²) in [5.74, 6) is -0.871. The van der Waals surface area contributed by atoms with Crippen LogP contribution in [0.3, 0.4) is 0 Å². The first-order valence-corrected chi connectivity index (χ1v) is 14.0. The third kappa shape index (κ3) is 8.31. The molecule has 2 aromatic rings. The fourth-order valence-corrected chi connectivity index (χ4v) is 5.45. The van der Waals surface area contributed by atoms with Gasteiger partial charge in [-0.2, -0.15) is 0 Å². The van der Waals surface area contributed by atoms with Gasteiger partial charge in [-0.3, -0.25) is 9.69 Å². The first-order chi connectivity index (χ1) is 17.5. The van der Waals surface area contributed by atoms with Gasteiger partial charge < -0.3 is 15.0 Å². The summed E-state index contributed by atoms with van der Waals surface area (Å²) >= 11 is 6.05. The molecule has 0 unspecified atom stereocenters. The van der Waals surface area contributed by atoms with Gasteiger partial charge in [0.25, 0.3) is 5.91 Å². The lowest BCUT2D eigenvalue weighted by molar-refractivity contribution is -0.139. The van der Waals surface area contributed by atoms with E-state index in [1.54, 1.807) is 24.0 Å². The molecule has 0 aromatic heterocycles. The molecule has 202 valence electrons. The zero-order chi connectivity index (χ0) is 27.2. The monoisotopic (exact) mass is 554 g/mol. The van der Waals surface area contributed by atoms with Crippen LogP contribution in [0.5, 0.6) is 5.75 Å². The van der Waals surface area contributed by atoms with Gasteiger partial charge >= 0.3 is 6.03 Å². The number of carbonyl (C=O) groups excluding carboxylic acids is 2. The molecule has 3 amide bonds. The van der Waals surface area contributed by atoms with Gasteiger partial charge in [0.05, 0.1) is 5.75 Å². The van der Waals surface area contributed by atoms with E-state index in [0.717, 1.165) is 5.56 Å². The number of amides is 3. The number of carbonyl (C=O) groups is 2. The van der Waals surface area contributed by atoms with Gasteiger partial charge in [0.2, 0.25) is 10.0 Å². The van der Waals surface area contributed by atoms with Gasteiger partial charge in [0, 0.05) is 48.8 Å². The van der Waals surface area contributed by atoms with E-state index in [2.05, 4.69) is 10.2 Å². The van der Waals surface area contributed by atoms with Crippen molar-refractivity contribution in [3.63, 3.8) is 0 Å². The van der Waals surface area contributed by atoms with Crippen molar-refractivity contribution in [3.8, 4) is 5.75 Å². The van der Waals surface area contributed by atoms with E-state index < -0.39 is 21.8 Å². The average Bonchev–Trinajstić information content (AvgIpc) is 2.81. The molecule has 1 saturated heterocycles. The molecule has 0 aliphatic carbocycles. The van der Waals surface area contributed by atoms with Crippen LogP contribution in [0, 0.1) is 5.82 Å². The summed E-state index contributed by atoms with van der Waals surface area (Å²) in [6.07, 6.45) is 0. The first kappa shape index (κ1) is 28.7. The Kier molecular flexibility index (Phi) is 9.74. The number of hydrogen-bond acceptors (Lipinski definition) is 6. The predicted molar refractivity (Wildman–Crippen MR) is 139 cm³/mol. The van der Waals surface area contributed by atoms with Crippen LogP contribution in [0.1, 0.15) is 31.9 Å². The molecule has 1 heterocycles. The van der Waals surface area contributed by atoms with Crippen molar-refractivity contribution >= 4 is 33.6 Å². The molecule has 9 nitrogen and oxygen atoms in total. The highest BCUT2D eigenvalue weighted by Gasteiger charge is 2.32. The number of benzene rings is 2. The number of nitrogens with one attached hydrogen (secondary N) is 2. The second-order valence-corrected chi connectivity index (χ2v) is 11.2. The van der Waals surface area contributed by atoms with Crippen molar-refractivity contribution in [2.45, 2.75) is 45.2 Å². The Hall–Kier alpha value is -2.89. The Morgan fingerprint density at radius 1 is 1.11 bits per heavy atom. The molecule has 2 aromatic carbocycles. The van der Waals surface area contributed by atoms with Crippen LogP contribution >= 0.6 is 11.6 Å². The fraction of sp³-hybridized carbons (Fsp3) is 0.440. The van der Waals surface area contributed by atoms with E-state index in [-0.39, 0.29) is 48.3 Å². The summed E-state index contributed by atoms with van der Waals surface area (Å²) in [6.45, 7) is 7.41. The maximum atomic E-state index is 13.2. The Morgan fingerprint density at radius 3 is 2.49 bits per heavy atom. The third-order valence-electron chi connectivity index (χ3n) is 6.04. The van der Waals surface area contributed by atoms with Crippen LogP contribution in [-0.4, -0.2) is 68.5 Å². The molecule has 1 fully saturated rings. The highest BCUT2D eigenvalue weighted by molar-refractivity contribution is 7.89. The quantitative estimate of drug-likeness (QED) is 0.493. The molecule has 0 radical (unpaired) electrons. The predicted octanol–water partition coefficient (Wildman–Crippen LogP) is 3.13. The van der Waals surface area contributed by atoms with Crippen LogP contribution in [0.15, 0.2) is 42.5 Å². The van der Waals surface area contributed by atoms with Crippen molar-refractivity contribution in [2.24, 2.45) is 0 Å². The largest absolute Gasteiger partial charge is 0.483 e. The highest BCUT2D eigenvalue weighted by atomic mass is 35.5. The van der Waals surface area contributed by atoms with Crippen LogP contribution in [-0.2, 0) is 27.1 Å². The summed E-state index contributed by atoms with van der Waals surface area (Å²) in [6, 6.07) is 10.0. The van der Waals surface area contributed by atoms with Crippen molar-refractivity contribution < 1.29 is 27.1 Å².